The maximum atomic E-state index is 12.6. The van der Waals surface area contributed by atoms with E-state index in [0.29, 0.717) is 29.9 Å². The van der Waals surface area contributed by atoms with Crippen molar-refractivity contribution in [2.24, 2.45) is 0 Å². The average Bonchev–Trinajstić information content (AvgIpc) is 2.69. The molecule has 160 valence electrons. The number of hydrogen-bond donors (Lipinski definition) is 3. The van der Waals surface area contributed by atoms with Gasteiger partial charge < -0.3 is 19.9 Å². The van der Waals surface area contributed by atoms with Crippen molar-refractivity contribution in [2.75, 3.05) is 0 Å². The summed E-state index contributed by atoms with van der Waals surface area (Å²) >= 11 is 0. The number of phenolic OH excluding ortho intramolecular Hbond substituents is 1. The summed E-state index contributed by atoms with van der Waals surface area (Å²) in [5.74, 6) is 1.22. The summed E-state index contributed by atoms with van der Waals surface area (Å²) in [5.41, 5.74) is 2.13. The Labute approximate surface area is 177 Å². The van der Waals surface area contributed by atoms with Crippen molar-refractivity contribution in [1.82, 2.24) is 4.98 Å². The van der Waals surface area contributed by atoms with Crippen LogP contribution in [0.3, 0.4) is 0 Å². The van der Waals surface area contributed by atoms with E-state index in [1.54, 1.807) is 13.0 Å². The number of para-hydroxylation sites is 1. The Kier molecular flexibility index (Phi) is 7.16. The maximum Gasteiger partial charge on any atom is 0.251 e. The number of aryl methyl sites for hydroxylation is 1. The highest BCUT2D eigenvalue weighted by molar-refractivity contribution is 5.86. The minimum absolute atomic E-state index is 0.0820. The number of aromatic amines is 1. The first-order chi connectivity index (χ1) is 14.4. The quantitative estimate of drug-likeness (QED) is 0.400. The number of aromatic nitrogens is 1. The number of phenols is 1. The number of benzene rings is 2. The zero-order valence-corrected chi connectivity index (χ0v) is 17.9. The molecule has 2 unspecified atom stereocenters. The van der Waals surface area contributed by atoms with Crippen LogP contribution in [0.1, 0.15) is 63.5 Å². The first kappa shape index (κ1) is 21.9. The molecule has 0 aliphatic heterocycles. The Morgan fingerprint density at radius 1 is 1.07 bits per heavy atom. The lowest BCUT2D eigenvalue weighted by Crippen LogP contribution is -2.12. The van der Waals surface area contributed by atoms with E-state index in [1.807, 2.05) is 37.3 Å². The Bertz CT molecular complexity index is 1050. The topological polar surface area (TPSA) is 82.5 Å². The molecule has 1 heterocycles. The standard InChI is InChI=1S/C25H31NO4/c1-4-5-6-9-18-13-19-14-20(28)15-23(24(19)26-25(18)29)30-22-11-8-7-10-21(22)16(2)12-17(3)27/h7-8,10-11,13-17,27-28H,4-6,9,12H2,1-3H3,(H,26,29). The number of aromatic hydroxyl groups is 1. The highest BCUT2D eigenvalue weighted by Gasteiger charge is 2.16. The summed E-state index contributed by atoms with van der Waals surface area (Å²) < 4.78 is 6.19. The number of aliphatic hydroxyl groups is 1. The number of H-pyrrole nitrogens is 1. The molecule has 3 aromatic rings. The molecule has 0 radical (unpaired) electrons. The molecule has 2 atom stereocenters. The maximum absolute atomic E-state index is 12.6. The van der Waals surface area contributed by atoms with Gasteiger partial charge in [-0.15, -0.1) is 0 Å². The first-order valence-electron chi connectivity index (χ1n) is 10.7. The summed E-state index contributed by atoms with van der Waals surface area (Å²) in [6, 6.07) is 12.7. The Balaban J connectivity index is 1.99. The van der Waals surface area contributed by atoms with Crippen molar-refractivity contribution in [3.63, 3.8) is 0 Å². The van der Waals surface area contributed by atoms with E-state index in [-0.39, 0.29) is 17.2 Å². The van der Waals surface area contributed by atoms with Gasteiger partial charge in [0.05, 0.1) is 11.6 Å². The summed E-state index contributed by atoms with van der Waals surface area (Å²) in [6.45, 7) is 5.94. The molecule has 0 spiro atoms. The number of nitrogens with one attached hydrogen (secondary N) is 1. The van der Waals surface area contributed by atoms with E-state index in [4.69, 9.17) is 4.74 Å². The molecule has 0 aliphatic carbocycles. The SMILES string of the molecule is CCCCCc1cc2cc(O)cc(Oc3ccccc3C(C)CC(C)O)c2[nH]c1=O. The second-order valence-corrected chi connectivity index (χ2v) is 8.11. The van der Waals surface area contributed by atoms with Crippen LogP contribution in [-0.4, -0.2) is 21.3 Å². The van der Waals surface area contributed by atoms with Gasteiger partial charge in [0.2, 0.25) is 0 Å². The van der Waals surface area contributed by atoms with Crippen LogP contribution in [-0.2, 0) is 6.42 Å². The van der Waals surface area contributed by atoms with Crippen LogP contribution in [0.2, 0.25) is 0 Å². The molecule has 0 bridgehead atoms. The Morgan fingerprint density at radius 2 is 1.83 bits per heavy atom. The van der Waals surface area contributed by atoms with Crippen molar-refractivity contribution >= 4 is 10.9 Å². The van der Waals surface area contributed by atoms with Crippen LogP contribution in [0.5, 0.6) is 17.2 Å². The van der Waals surface area contributed by atoms with E-state index in [9.17, 15) is 15.0 Å². The van der Waals surface area contributed by atoms with Crippen LogP contribution < -0.4 is 10.3 Å². The van der Waals surface area contributed by atoms with Crippen LogP contribution in [0.15, 0.2) is 47.3 Å². The smallest absolute Gasteiger partial charge is 0.251 e. The van der Waals surface area contributed by atoms with Gasteiger partial charge in [0.15, 0.2) is 5.75 Å². The van der Waals surface area contributed by atoms with E-state index in [1.165, 1.54) is 6.07 Å². The van der Waals surface area contributed by atoms with Crippen LogP contribution in [0, 0.1) is 0 Å². The molecule has 3 N–H and O–H groups in total. The van der Waals surface area contributed by atoms with Crippen LogP contribution >= 0.6 is 0 Å². The summed E-state index contributed by atoms with van der Waals surface area (Å²) in [7, 11) is 0. The second-order valence-electron chi connectivity index (χ2n) is 8.11. The second kappa shape index (κ2) is 9.81. The third-order valence-electron chi connectivity index (χ3n) is 5.39. The zero-order chi connectivity index (χ0) is 21.7. The van der Waals surface area contributed by atoms with Gasteiger partial charge in [-0.2, -0.15) is 0 Å². The number of aliphatic hydroxyl groups excluding tert-OH is 1. The lowest BCUT2D eigenvalue weighted by atomic mass is 9.94. The summed E-state index contributed by atoms with van der Waals surface area (Å²) in [4.78, 5) is 15.6. The molecular weight excluding hydrogens is 378 g/mol. The average molecular weight is 410 g/mol. The molecule has 0 aliphatic rings. The minimum atomic E-state index is -0.419. The van der Waals surface area contributed by atoms with Crippen molar-refractivity contribution in [3.8, 4) is 17.2 Å². The van der Waals surface area contributed by atoms with Gasteiger partial charge in [-0.05, 0) is 55.9 Å². The van der Waals surface area contributed by atoms with Gasteiger partial charge in [0.25, 0.3) is 5.56 Å². The van der Waals surface area contributed by atoms with E-state index in [0.717, 1.165) is 35.8 Å². The van der Waals surface area contributed by atoms with Gasteiger partial charge in [0, 0.05) is 17.0 Å². The molecule has 0 saturated heterocycles. The van der Waals surface area contributed by atoms with Gasteiger partial charge in [-0.25, -0.2) is 0 Å². The van der Waals surface area contributed by atoms with E-state index < -0.39 is 6.10 Å². The molecule has 0 fully saturated rings. The summed E-state index contributed by atoms with van der Waals surface area (Å²) in [6.07, 6.45) is 4.04. The normalized spacial score (nSPS) is 13.3. The fourth-order valence-corrected chi connectivity index (χ4v) is 3.89. The molecule has 0 saturated carbocycles. The fraction of sp³-hybridized carbons (Fsp3) is 0.400. The summed E-state index contributed by atoms with van der Waals surface area (Å²) in [5, 5.41) is 20.8. The largest absolute Gasteiger partial charge is 0.508 e. The van der Waals surface area contributed by atoms with Crippen molar-refractivity contribution in [3.05, 3.63) is 63.9 Å². The lowest BCUT2D eigenvalue weighted by Gasteiger charge is -2.19. The van der Waals surface area contributed by atoms with Crippen LogP contribution in [0.25, 0.3) is 10.9 Å². The van der Waals surface area contributed by atoms with Crippen molar-refractivity contribution < 1.29 is 14.9 Å². The predicted octanol–water partition coefficient (Wildman–Crippen LogP) is 5.63. The molecule has 3 rings (SSSR count). The molecule has 5 heteroatoms. The fourth-order valence-electron chi connectivity index (χ4n) is 3.89. The van der Waals surface area contributed by atoms with Gasteiger partial charge >= 0.3 is 0 Å². The highest BCUT2D eigenvalue weighted by Crippen LogP contribution is 2.37. The third kappa shape index (κ3) is 5.22. The van der Waals surface area contributed by atoms with Gasteiger partial charge in [-0.1, -0.05) is 44.9 Å². The number of hydrogen-bond acceptors (Lipinski definition) is 4. The number of ether oxygens (including phenoxy) is 1. The highest BCUT2D eigenvalue weighted by atomic mass is 16.5. The predicted molar refractivity (Wildman–Crippen MR) is 121 cm³/mol. The number of pyridine rings is 1. The van der Waals surface area contributed by atoms with Crippen molar-refractivity contribution in [1.29, 1.82) is 0 Å². The molecule has 30 heavy (non-hydrogen) atoms. The van der Waals surface area contributed by atoms with Crippen LogP contribution in [0.4, 0.5) is 0 Å². The number of rotatable bonds is 9. The van der Waals surface area contributed by atoms with Gasteiger partial charge in [-0.3, -0.25) is 4.79 Å². The lowest BCUT2D eigenvalue weighted by molar-refractivity contribution is 0.176. The number of fused-ring (bicyclic) bond motifs is 1. The molecule has 5 nitrogen and oxygen atoms in total. The molecule has 2 aromatic carbocycles. The Morgan fingerprint density at radius 3 is 2.57 bits per heavy atom. The number of unbranched alkanes of at least 4 members (excludes halogenated alkanes) is 2. The monoisotopic (exact) mass is 409 g/mol. The van der Waals surface area contributed by atoms with E-state index >= 15 is 0 Å². The molecular formula is C25H31NO4. The third-order valence-corrected chi connectivity index (χ3v) is 5.39. The van der Waals surface area contributed by atoms with Crippen molar-refractivity contribution in [2.45, 2.75) is 64.9 Å². The molecule has 1 aromatic heterocycles. The minimum Gasteiger partial charge on any atom is -0.508 e. The molecule has 0 amide bonds. The van der Waals surface area contributed by atoms with E-state index in [2.05, 4.69) is 11.9 Å². The first-order valence-corrected chi connectivity index (χ1v) is 10.7. The zero-order valence-electron chi connectivity index (χ0n) is 17.9. The van der Waals surface area contributed by atoms with Gasteiger partial charge in [0.1, 0.15) is 11.5 Å². The Hall–Kier alpha value is -2.79.